The molecule has 1 heterocycles. The predicted molar refractivity (Wildman–Crippen MR) is 94.9 cm³/mol. The first-order chi connectivity index (χ1) is 11.0. The summed E-state index contributed by atoms with van der Waals surface area (Å²) in [6, 6.07) is 10.6. The normalized spacial score (nSPS) is 20.5. The van der Waals surface area contributed by atoms with Crippen molar-refractivity contribution < 1.29 is 4.79 Å². The average molecular weight is 317 g/mol. The highest BCUT2D eigenvalue weighted by Gasteiger charge is 2.27. The lowest BCUT2D eigenvalue weighted by molar-refractivity contribution is -0.133. The minimum atomic E-state index is -0.397. The number of piperidine rings is 1. The number of benzene rings is 1. The van der Waals surface area contributed by atoms with Gasteiger partial charge in [-0.3, -0.25) is 9.69 Å². The Morgan fingerprint density at radius 3 is 2.65 bits per heavy atom. The van der Waals surface area contributed by atoms with E-state index in [-0.39, 0.29) is 11.8 Å². The second-order valence-corrected chi connectivity index (χ2v) is 7.09. The van der Waals surface area contributed by atoms with E-state index in [4.69, 9.17) is 5.73 Å². The van der Waals surface area contributed by atoms with Crippen LogP contribution in [0.3, 0.4) is 0 Å². The van der Waals surface area contributed by atoms with Crippen LogP contribution in [0, 0.1) is 5.92 Å². The number of carbonyl (C=O) groups is 1. The summed E-state index contributed by atoms with van der Waals surface area (Å²) in [5.74, 6) is 0.238. The Balaban J connectivity index is 1.97. The summed E-state index contributed by atoms with van der Waals surface area (Å²) in [4.78, 5) is 16.8. The molecule has 2 N–H and O–H groups in total. The van der Waals surface area contributed by atoms with Crippen molar-refractivity contribution in [2.75, 3.05) is 20.1 Å². The summed E-state index contributed by atoms with van der Waals surface area (Å²) in [6.07, 6.45) is 3.64. The van der Waals surface area contributed by atoms with Gasteiger partial charge in [-0.15, -0.1) is 0 Å². The van der Waals surface area contributed by atoms with Crippen LogP contribution in [0.5, 0.6) is 0 Å². The lowest BCUT2D eigenvalue weighted by Gasteiger charge is -2.38. The van der Waals surface area contributed by atoms with Crippen LogP contribution >= 0.6 is 0 Å². The fraction of sp³-hybridized carbons (Fsp3) is 0.632. The Morgan fingerprint density at radius 2 is 2.00 bits per heavy atom. The average Bonchev–Trinajstić information content (AvgIpc) is 2.56. The van der Waals surface area contributed by atoms with Gasteiger partial charge in [0.25, 0.3) is 0 Å². The second-order valence-electron chi connectivity index (χ2n) is 7.09. The molecule has 0 bridgehead atoms. The summed E-state index contributed by atoms with van der Waals surface area (Å²) in [7, 11) is 1.89. The highest BCUT2D eigenvalue weighted by molar-refractivity contribution is 5.81. The third-order valence-electron chi connectivity index (χ3n) is 4.84. The van der Waals surface area contributed by atoms with Crippen LogP contribution in [0.4, 0.5) is 0 Å². The largest absolute Gasteiger partial charge is 0.343 e. The molecule has 0 spiro atoms. The molecule has 1 aliphatic heterocycles. The quantitative estimate of drug-likeness (QED) is 0.877. The van der Waals surface area contributed by atoms with Gasteiger partial charge in [-0.25, -0.2) is 0 Å². The summed E-state index contributed by atoms with van der Waals surface area (Å²) < 4.78 is 0. The number of nitrogens with zero attached hydrogens (tertiary/aromatic N) is 2. The van der Waals surface area contributed by atoms with E-state index in [1.807, 2.05) is 25.8 Å². The fourth-order valence-electron chi connectivity index (χ4n) is 3.24. The SMILES string of the molecule is CC(C)[C@H](N)C(=O)N(C)C[C@@H]1CCCCN1Cc1ccccc1. The fourth-order valence-corrected chi connectivity index (χ4v) is 3.24. The van der Waals surface area contributed by atoms with E-state index in [1.54, 1.807) is 0 Å². The van der Waals surface area contributed by atoms with Crippen molar-refractivity contribution in [1.82, 2.24) is 9.80 Å². The first-order valence-corrected chi connectivity index (χ1v) is 8.77. The van der Waals surface area contributed by atoms with E-state index in [0.717, 1.165) is 26.1 Å². The molecule has 1 amide bonds. The Kier molecular flexibility index (Phi) is 6.60. The van der Waals surface area contributed by atoms with Gasteiger partial charge in [-0.2, -0.15) is 0 Å². The van der Waals surface area contributed by atoms with Gasteiger partial charge in [0, 0.05) is 26.2 Å². The molecule has 0 aliphatic carbocycles. The Labute approximate surface area is 140 Å². The molecule has 4 nitrogen and oxygen atoms in total. The minimum Gasteiger partial charge on any atom is -0.343 e. The van der Waals surface area contributed by atoms with Gasteiger partial charge in [0.2, 0.25) is 5.91 Å². The standard InChI is InChI=1S/C19H31N3O/c1-15(2)18(20)19(23)21(3)14-17-11-7-8-12-22(17)13-16-9-5-4-6-10-16/h4-6,9-10,15,17-18H,7-8,11-14,20H2,1-3H3/t17-,18-/m0/s1. The van der Waals surface area contributed by atoms with Gasteiger partial charge in [0.1, 0.15) is 0 Å². The molecule has 128 valence electrons. The third kappa shape index (κ3) is 5.05. The van der Waals surface area contributed by atoms with Crippen LogP contribution in [-0.2, 0) is 11.3 Å². The molecule has 1 aromatic carbocycles. The van der Waals surface area contributed by atoms with E-state index in [9.17, 15) is 4.79 Å². The number of nitrogens with two attached hydrogens (primary N) is 1. The zero-order valence-electron chi connectivity index (χ0n) is 14.7. The van der Waals surface area contributed by atoms with E-state index in [0.29, 0.717) is 6.04 Å². The molecule has 2 rings (SSSR count). The first-order valence-electron chi connectivity index (χ1n) is 8.77. The topological polar surface area (TPSA) is 49.6 Å². The highest BCUT2D eigenvalue weighted by Crippen LogP contribution is 2.20. The lowest BCUT2D eigenvalue weighted by atomic mass is 9.99. The summed E-state index contributed by atoms with van der Waals surface area (Å²) in [6.45, 7) is 6.84. The van der Waals surface area contributed by atoms with Crippen LogP contribution < -0.4 is 5.73 Å². The van der Waals surface area contributed by atoms with Gasteiger partial charge in [0.15, 0.2) is 0 Å². The maximum absolute atomic E-state index is 12.4. The maximum atomic E-state index is 12.4. The molecule has 0 aromatic heterocycles. The molecular formula is C19H31N3O. The molecule has 4 heteroatoms. The Bertz CT molecular complexity index is 489. The van der Waals surface area contributed by atoms with Crippen molar-refractivity contribution in [3.63, 3.8) is 0 Å². The molecule has 23 heavy (non-hydrogen) atoms. The highest BCUT2D eigenvalue weighted by atomic mass is 16.2. The maximum Gasteiger partial charge on any atom is 0.239 e. The van der Waals surface area contributed by atoms with Crippen molar-refractivity contribution in [2.45, 2.75) is 51.7 Å². The van der Waals surface area contributed by atoms with E-state index in [1.165, 1.54) is 18.4 Å². The van der Waals surface area contributed by atoms with Crippen LogP contribution in [0.1, 0.15) is 38.7 Å². The molecule has 1 aliphatic rings. The van der Waals surface area contributed by atoms with Crippen LogP contribution in [0.2, 0.25) is 0 Å². The lowest BCUT2D eigenvalue weighted by Crippen LogP contribution is -2.51. The monoisotopic (exact) mass is 317 g/mol. The number of likely N-dealkylation sites (tertiary alicyclic amines) is 1. The summed E-state index contributed by atoms with van der Waals surface area (Å²) in [5, 5.41) is 0. The third-order valence-corrected chi connectivity index (χ3v) is 4.84. The number of carbonyl (C=O) groups excluding carboxylic acids is 1. The van der Waals surface area contributed by atoms with Crippen LogP contribution in [0.25, 0.3) is 0 Å². The number of hydrogen-bond donors (Lipinski definition) is 1. The van der Waals surface area contributed by atoms with E-state index >= 15 is 0 Å². The molecule has 1 fully saturated rings. The zero-order valence-corrected chi connectivity index (χ0v) is 14.7. The van der Waals surface area contributed by atoms with Crippen LogP contribution in [-0.4, -0.2) is 47.9 Å². The smallest absolute Gasteiger partial charge is 0.239 e. The number of rotatable bonds is 6. The van der Waals surface area contributed by atoms with Gasteiger partial charge in [-0.1, -0.05) is 50.6 Å². The van der Waals surface area contributed by atoms with Gasteiger partial charge < -0.3 is 10.6 Å². The molecule has 0 radical (unpaired) electrons. The molecule has 1 saturated heterocycles. The summed E-state index contributed by atoms with van der Waals surface area (Å²) >= 11 is 0. The summed E-state index contributed by atoms with van der Waals surface area (Å²) in [5.41, 5.74) is 7.36. The van der Waals surface area contributed by atoms with Crippen molar-refractivity contribution in [1.29, 1.82) is 0 Å². The van der Waals surface area contributed by atoms with E-state index < -0.39 is 6.04 Å². The number of likely N-dealkylation sites (N-methyl/N-ethyl adjacent to an activating group) is 1. The molecule has 2 atom stereocenters. The molecule has 0 saturated carbocycles. The number of amides is 1. The minimum absolute atomic E-state index is 0.0604. The van der Waals surface area contributed by atoms with Crippen molar-refractivity contribution >= 4 is 5.91 Å². The number of hydrogen-bond acceptors (Lipinski definition) is 3. The van der Waals surface area contributed by atoms with Gasteiger partial charge in [-0.05, 0) is 30.9 Å². The Morgan fingerprint density at radius 1 is 1.30 bits per heavy atom. The second kappa shape index (κ2) is 8.46. The molecule has 0 unspecified atom stereocenters. The first kappa shape index (κ1) is 18.0. The molecule has 1 aromatic rings. The van der Waals surface area contributed by atoms with Gasteiger partial charge >= 0.3 is 0 Å². The van der Waals surface area contributed by atoms with Crippen molar-refractivity contribution in [3.8, 4) is 0 Å². The van der Waals surface area contributed by atoms with Crippen molar-refractivity contribution in [2.24, 2.45) is 11.7 Å². The zero-order chi connectivity index (χ0) is 16.8. The van der Waals surface area contributed by atoms with Crippen LogP contribution in [0.15, 0.2) is 30.3 Å². The van der Waals surface area contributed by atoms with Gasteiger partial charge in [0.05, 0.1) is 6.04 Å². The van der Waals surface area contributed by atoms with E-state index in [2.05, 4.69) is 35.2 Å². The van der Waals surface area contributed by atoms with Crippen molar-refractivity contribution in [3.05, 3.63) is 35.9 Å². The Hall–Kier alpha value is -1.39. The molecular weight excluding hydrogens is 286 g/mol. The predicted octanol–water partition coefficient (Wildman–Crippen LogP) is 2.48.